The second-order valence-electron chi connectivity index (χ2n) is 6.78. The predicted molar refractivity (Wildman–Crippen MR) is 99.8 cm³/mol. The number of ether oxygens (including phenoxy) is 2. The highest BCUT2D eigenvalue weighted by molar-refractivity contribution is 6.01. The molecule has 0 atom stereocenters. The van der Waals surface area contributed by atoms with Crippen LogP contribution in [0.3, 0.4) is 0 Å². The van der Waals surface area contributed by atoms with Crippen molar-refractivity contribution in [3.63, 3.8) is 0 Å². The van der Waals surface area contributed by atoms with E-state index in [9.17, 15) is 4.79 Å². The smallest absolute Gasteiger partial charge is 0.357 e. The normalized spacial score (nSPS) is 14.1. The minimum atomic E-state index is -0.433. The van der Waals surface area contributed by atoms with Crippen molar-refractivity contribution >= 4 is 16.9 Å². The van der Waals surface area contributed by atoms with Gasteiger partial charge in [0.2, 0.25) is 5.88 Å². The zero-order chi connectivity index (χ0) is 18.8. The third-order valence-corrected chi connectivity index (χ3v) is 4.71. The number of esters is 1. The van der Waals surface area contributed by atoms with Crippen molar-refractivity contribution in [2.75, 3.05) is 6.61 Å². The van der Waals surface area contributed by atoms with Crippen molar-refractivity contribution in [1.29, 1.82) is 0 Å². The molecule has 1 fully saturated rings. The summed E-state index contributed by atoms with van der Waals surface area (Å²) in [6, 6.07) is 3.85. The summed E-state index contributed by atoms with van der Waals surface area (Å²) in [6.45, 7) is 4.64. The number of carbonyl (C=O) groups is 1. The highest BCUT2D eigenvalue weighted by atomic mass is 16.5. The molecule has 0 unspecified atom stereocenters. The Labute approximate surface area is 157 Å². The Morgan fingerprint density at radius 3 is 2.89 bits per heavy atom. The molecule has 3 aromatic rings. The summed E-state index contributed by atoms with van der Waals surface area (Å²) in [5.41, 5.74) is 3.04. The molecule has 7 nitrogen and oxygen atoms in total. The largest absolute Gasteiger partial charge is 0.474 e. The maximum absolute atomic E-state index is 12.1. The number of rotatable bonds is 6. The Kier molecular flexibility index (Phi) is 4.75. The summed E-state index contributed by atoms with van der Waals surface area (Å²) in [7, 11) is 0. The maximum atomic E-state index is 12.1. The van der Waals surface area contributed by atoms with Crippen LogP contribution in [0.2, 0.25) is 0 Å². The van der Waals surface area contributed by atoms with Crippen molar-refractivity contribution in [3.05, 3.63) is 47.5 Å². The van der Waals surface area contributed by atoms with Gasteiger partial charge in [-0.05, 0) is 50.8 Å². The lowest BCUT2D eigenvalue weighted by Gasteiger charge is -2.26. The van der Waals surface area contributed by atoms with E-state index in [2.05, 4.69) is 21.1 Å². The van der Waals surface area contributed by atoms with Gasteiger partial charge in [-0.15, -0.1) is 0 Å². The number of aromatic nitrogens is 4. The molecule has 0 amide bonds. The molecule has 3 heterocycles. The van der Waals surface area contributed by atoms with E-state index in [-0.39, 0.29) is 0 Å². The van der Waals surface area contributed by atoms with Crippen LogP contribution in [0.1, 0.15) is 47.8 Å². The molecule has 1 aliphatic rings. The van der Waals surface area contributed by atoms with E-state index >= 15 is 0 Å². The predicted octanol–water partition coefficient (Wildman–Crippen LogP) is 3.29. The molecule has 3 aromatic heterocycles. The van der Waals surface area contributed by atoms with Crippen molar-refractivity contribution < 1.29 is 14.3 Å². The van der Waals surface area contributed by atoms with Crippen LogP contribution < -0.4 is 4.74 Å². The Balaban J connectivity index is 1.55. The van der Waals surface area contributed by atoms with Crippen LogP contribution in [0.5, 0.6) is 5.88 Å². The van der Waals surface area contributed by atoms with Crippen molar-refractivity contribution in [1.82, 2.24) is 19.7 Å². The third kappa shape index (κ3) is 3.63. The Morgan fingerprint density at radius 1 is 1.33 bits per heavy atom. The van der Waals surface area contributed by atoms with Crippen LogP contribution >= 0.6 is 0 Å². The lowest BCUT2D eigenvalue weighted by atomic mass is 9.96. The van der Waals surface area contributed by atoms with Gasteiger partial charge >= 0.3 is 5.97 Å². The van der Waals surface area contributed by atoms with Crippen LogP contribution in [0, 0.1) is 6.92 Å². The minimum Gasteiger partial charge on any atom is -0.474 e. The first-order chi connectivity index (χ1) is 13.1. The molecule has 0 radical (unpaired) electrons. The van der Waals surface area contributed by atoms with Gasteiger partial charge in [-0.3, -0.25) is 4.68 Å². The number of pyridine rings is 2. The van der Waals surface area contributed by atoms with E-state index in [1.165, 1.54) is 6.42 Å². The third-order valence-electron chi connectivity index (χ3n) is 4.71. The maximum Gasteiger partial charge on any atom is 0.357 e. The van der Waals surface area contributed by atoms with Gasteiger partial charge in [0.1, 0.15) is 6.10 Å². The summed E-state index contributed by atoms with van der Waals surface area (Å²) in [5, 5.41) is 5.23. The number of aryl methyl sites for hydroxylation is 1. The molecule has 0 bridgehead atoms. The molecule has 0 aliphatic heterocycles. The van der Waals surface area contributed by atoms with E-state index in [0.717, 1.165) is 24.0 Å². The number of fused-ring (bicyclic) bond motifs is 1. The van der Waals surface area contributed by atoms with Gasteiger partial charge < -0.3 is 9.47 Å². The van der Waals surface area contributed by atoms with Crippen LogP contribution in [-0.4, -0.2) is 38.4 Å². The zero-order valence-corrected chi connectivity index (χ0v) is 15.5. The van der Waals surface area contributed by atoms with Crippen molar-refractivity contribution in [3.8, 4) is 5.88 Å². The van der Waals surface area contributed by atoms with E-state index < -0.39 is 5.97 Å². The Hall–Kier alpha value is -2.96. The van der Waals surface area contributed by atoms with Crippen LogP contribution in [0.25, 0.3) is 10.9 Å². The lowest BCUT2D eigenvalue weighted by molar-refractivity contribution is 0.0522. The van der Waals surface area contributed by atoms with E-state index in [0.29, 0.717) is 41.7 Å². The highest BCUT2D eigenvalue weighted by Gasteiger charge is 2.20. The van der Waals surface area contributed by atoms with Gasteiger partial charge in [0.15, 0.2) is 5.69 Å². The number of hydrogen-bond donors (Lipinski definition) is 0. The van der Waals surface area contributed by atoms with E-state index in [1.807, 2.05) is 19.3 Å². The van der Waals surface area contributed by atoms with E-state index in [1.54, 1.807) is 23.9 Å². The van der Waals surface area contributed by atoms with Crippen molar-refractivity contribution in [2.24, 2.45) is 0 Å². The van der Waals surface area contributed by atoms with Gasteiger partial charge in [0, 0.05) is 24.2 Å². The fourth-order valence-electron chi connectivity index (χ4n) is 3.10. The number of carbonyl (C=O) groups excluding carboxylic acids is 1. The molecule has 27 heavy (non-hydrogen) atoms. The van der Waals surface area contributed by atoms with E-state index in [4.69, 9.17) is 9.47 Å². The standard InChI is InChI=1S/C20H22N4O3/c1-3-26-20(25)18-16-12-24(23-17(16)7-8-21-18)11-14-9-13(2)19(22-10-14)27-15-5-4-6-15/h7-10,12,15H,3-6,11H2,1-2H3. The van der Waals surface area contributed by atoms with Gasteiger partial charge in [0.25, 0.3) is 0 Å². The SMILES string of the molecule is CCOC(=O)c1nccc2nn(Cc3cnc(OC4CCC4)c(C)c3)cc12. The lowest BCUT2D eigenvalue weighted by Crippen LogP contribution is -2.25. The van der Waals surface area contributed by atoms with Gasteiger partial charge in [-0.2, -0.15) is 5.10 Å². The highest BCUT2D eigenvalue weighted by Crippen LogP contribution is 2.26. The molecular formula is C20H22N4O3. The molecule has 0 spiro atoms. The topological polar surface area (TPSA) is 79.1 Å². The molecule has 4 rings (SSSR count). The first-order valence-corrected chi connectivity index (χ1v) is 9.25. The number of nitrogens with zero attached hydrogens (tertiary/aromatic N) is 4. The monoisotopic (exact) mass is 366 g/mol. The average molecular weight is 366 g/mol. The molecule has 1 saturated carbocycles. The summed E-state index contributed by atoms with van der Waals surface area (Å²) < 4.78 is 12.8. The van der Waals surface area contributed by atoms with Crippen LogP contribution in [0.15, 0.2) is 30.7 Å². The second kappa shape index (κ2) is 7.34. The zero-order valence-electron chi connectivity index (χ0n) is 15.5. The van der Waals surface area contributed by atoms with Crippen LogP contribution in [-0.2, 0) is 11.3 Å². The molecule has 140 valence electrons. The Morgan fingerprint density at radius 2 is 2.19 bits per heavy atom. The van der Waals surface area contributed by atoms with Crippen molar-refractivity contribution in [2.45, 2.75) is 45.8 Å². The molecule has 7 heteroatoms. The fourth-order valence-corrected chi connectivity index (χ4v) is 3.10. The summed E-state index contributed by atoms with van der Waals surface area (Å²) in [4.78, 5) is 20.7. The summed E-state index contributed by atoms with van der Waals surface area (Å²) in [5.74, 6) is 0.278. The quantitative estimate of drug-likeness (QED) is 0.623. The fraction of sp³-hybridized carbons (Fsp3) is 0.400. The summed E-state index contributed by atoms with van der Waals surface area (Å²) in [6.07, 6.45) is 8.98. The average Bonchev–Trinajstić information content (AvgIpc) is 3.02. The first-order valence-electron chi connectivity index (χ1n) is 9.25. The van der Waals surface area contributed by atoms with Crippen LogP contribution in [0.4, 0.5) is 0 Å². The van der Waals surface area contributed by atoms with Gasteiger partial charge in [-0.25, -0.2) is 14.8 Å². The molecule has 0 N–H and O–H groups in total. The number of hydrogen-bond acceptors (Lipinski definition) is 6. The van der Waals surface area contributed by atoms with Gasteiger partial charge in [0.05, 0.1) is 24.1 Å². The molecule has 1 aliphatic carbocycles. The second-order valence-corrected chi connectivity index (χ2v) is 6.78. The first kappa shape index (κ1) is 17.5. The molecule has 0 saturated heterocycles. The van der Waals surface area contributed by atoms with Gasteiger partial charge in [-0.1, -0.05) is 0 Å². The minimum absolute atomic E-state index is 0.291. The molecular weight excluding hydrogens is 344 g/mol. The molecule has 0 aromatic carbocycles. The summed E-state index contributed by atoms with van der Waals surface area (Å²) >= 11 is 0. The Bertz CT molecular complexity index is 979.